The molecule has 0 radical (unpaired) electrons. The van der Waals surface area contributed by atoms with Crippen molar-refractivity contribution in [3.05, 3.63) is 76.1 Å². The molecule has 0 saturated carbocycles. The Hall–Kier alpha value is -2.79. The minimum absolute atomic E-state index is 0.0475. The van der Waals surface area contributed by atoms with Gasteiger partial charge in [-0.3, -0.25) is 4.79 Å². The van der Waals surface area contributed by atoms with Crippen LogP contribution in [0.1, 0.15) is 28.3 Å². The summed E-state index contributed by atoms with van der Waals surface area (Å²) in [7, 11) is 1.26. The summed E-state index contributed by atoms with van der Waals surface area (Å²) in [6.45, 7) is 0. The van der Waals surface area contributed by atoms with Gasteiger partial charge in [-0.05, 0) is 18.2 Å². The lowest BCUT2D eigenvalue weighted by Gasteiger charge is -2.27. The van der Waals surface area contributed by atoms with Gasteiger partial charge in [0.05, 0.1) is 7.11 Å². The van der Waals surface area contributed by atoms with E-state index in [-0.39, 0.29) is 23.7 Å². The third-order valence-electron chi connectivity index (χ3n) is 4.07. The van der Waals surface area contributed by atoms with Gasteiger partial charge in [0.25, 0.3) is 0 Å². The molecule has 0 saturated heterocycles. The van der Waals surface area contributed by atoms with Gasteiger partial charge in [0.1, 0.15) is 11.3 Å². The highest BCUT2D eigenvalue weighted by Crippen LogP contribution is 2.42. The van der Waals surface area contributed by atoms with Crippen LogP contribution in [0.25, 0.3) is 0 Å². The molecule has 2 aromatic carbocycles. The molecule has 1 heterocycles. The lowest BCUT2D eigenvalue weighted by molar-refractivity contribution is -0.136. The average Bonchev–Trinajstić information content (AvgIpc) is 2.62. The molecule has 2 N–H and O–H groups in total. The Morgan fingerprint density at radius 3 is 2.60 bits per heavy atom. The van der Waals surface area contributed by atoms with Crippen molar-refractivity contribution in [3.63, 3.8) is 0 Å². The fourth-order valence-electron chi connectivity index (χ4n) is 2.88. The number of methoxy groups -OCH3 is 1. The molecule has 1 aliphatic heterocycles. The Bertz CT molecular complexity index is 861. The fourth-order valence-corrected chi connectivity index (χ4v) is 3.06. The van der Waals surface area contributed by atoms with Crippen LogP contribution < -0.4 is 10.5 Å². The molecule has 0 spiro atoms. The summed E-state index contributed by atoms with van der Waals surface area (Å²) in [6.07, 6.45) is 0.0475. The maximum absolute atomic E-state index is 12.7. The molecular weight excluding hydrogens is 342 g/mol. The Labute approximate surface area is 150 Å². The first-order chi connectivity index (χ1) is 12.0. The zero-order chi connectivity index (χ0) is 18.0. The van der Waals surface area contributed by atoms with Gasteiger partial charge in [0.15, 0.2) is 5.78 Å². The van der Waals surface area contributed by atoms with Crippen molar-refractivity contribution in [1.29, 1.82) is 0 Å². The van der Waals surface area contributed by atoms with Gasteiger partial charge in [0.2, 0.25) is 5.88 Å². The number of halogens is 1. The summed E-state index contributed by atoms with van der Waals surface area (Å²) in [4.78, 5) is 24.9. The standard InChI is InChI=1S/C19H16ClNO4/c1-24-19(23)17-14(10-15(22)11-5-3-2-4-6-11)13-9-12(20)7-8-16(13)25-18(17)21/h2-9,14H,10,21H2,1H3. The lowest BCUT2D eigenvalue weighted by Crippen LogP contribution is -2.27. The second kappa shape index (κ2) is 6.99. The third-order valence-corrected chi connectivity index (χ3v) is 4.31. The minimum Gasteiger partial charge on any atom is -0.465 e. The average molecular weight is 358 g/mol. The van der Waals surface area contributed by atoms with Crippen LogP contribution in [0.4, 0.5) is 0 Å². The molecule has 0 bridgehead atoms. The number of hydrogen-bond acceptors (Lipinski definition) is 5. The largest absolute Gasteiger partial charge is 0.465 e. The van der Waals surface area contributed by atoms with Gasteiger partial charge in [-0.2, -0.15) is 0 Å². The maximum Gasteiger partial charge on any atom is 0.339 e. The van der Waals surface area contributed by atoms with Crippen LogP contribution in [0.15, 0.2) is 60.0 Å². The first-order valence-electron chi connectivity index (χ1n) is 7.64. The highest BCUT2D eigenvalue weighted by Gasteiger charge is 2.35. The fraction of sp³-hybridized carbons (Fsp3) is 0.158. The van der Waals surface area contributed by atoms with E-state index in [4.69, 9.17) is 26.8 Å². The van der Waals surface area contributed by atoms with E-state index in [0.29, 0.717) is 21.9 Å². The molecule has 0 aliphatic carbocycles. The first-order valence-corrected chi connectivity index (χ1v) is 8.02. The Morgan fingerprint density at radius 2 is 1.92 bits per heavy atom. The molecule has 128 valence electrons. The van der Waals surface area contributed by atoms with E-state index in [9.17, 15) is 9.59 Å². The Balaban J connectivity index is 2.04. The maximum atomic E-state index is 12.7. The Kier molecular flexibility index (Phi) is 4.76. The van der Waals surface area contributed by atoms with Crippen LogP contribution >= 0.6 is 11.6 Å². The van der Waals surface area contributed by atoms with Gasteiger partial charge < -0.3 is 15.2 Å². The van der Waals surface area contributed by atoms with E-state index in [2.05, 4.69) is 0 Å². The number of esters is 1. The van der Waals surface area contributed by atoms with Gasteiger partial charge in [-0.1, -0.05) is 41.9 Å². The number of carbonyl (C=O) groups excluding carboxylic acids is 2. The lowest BCUT2D eigenvalue weighted by atomic mass is 9.83. The van der Waals surface area contributed by atoms with E-state index in [0.717, 1.165) is 0 Å². The molecule has 6 heteroatoms. The number of Topliss-reactive ketones (excluding diaryl/α,β-unsaturated/α-hetero) is 1. The first kappa shape index (κ1) is 17.0. The predicted octanol–water partition coefficient (Wildman–Crippen LogP) is 3.43. The van der Waals surface area contributed by atoms with Crippen molar-refractivity contribution >= 4 is 23.4 Å². The molecule has 0 aromatic heterocycles. The van der Waals surface area contributed by atoms with Crippen molar-refractivity contribution in [2.45, 2.75) is 12.3 Å². The molecular formula is C19H16ClNO4. The number of fused-ring (bicyclic) bond motifs is 1. The van der Waals surface area contributed by atoms with Crippen molar-refractivity contribution in [1.82, 2.24) is 0 Å². The van der Waals surface area contributed by atoms with Crippen LogP contribution in [-0.4, -0.2) is 18.9 Å². The molecule has 2 aromatic rings. The monoisotopic (exact) mass is 357 g/mol. The number of nitrogens with two attached hydrogens (primary N) is 1. The minimum atomic E-state index is -0.631. The van der Waals surface area contributed by atoms with E-state index in [1.54, 1.807) is 42.5 Å². The van der Waals surface area contributed by atoms with Gasteiger partial charge >= 0.3 is 5.97 Å². The number of carbonyl (C=O) groups is 2. The van der Waals surface area contributed by atoms with Crippen LogP contribution in [-0.2, 0) is 9.53 Å². The summed E-state index contributed by atoms with van der Waals surface area (Å²) >= 11 is 6.09. The second-order valence-electron chi connectivity index (χ2n) is 5.60. The van der Waals surface area contributed by atoms with E-state index < -0.39 is 11.9 Å². The summed E-state index contributed by atoms with van der Waals surface area (Å²) in [5.74, 6) is -0.933. The van der Waals surface area contributed by atoms with E-state index in [1.165, 1.54) is 7.11 Å². The highest BCUT2D eigenvalue weighted by molar-refractivity contribution is 6.30. The molecule has 5 nitrogen and oxygen atoms in total. The zero-order valence-electron chi connectivity index (χ0n) is 13.5. The number of ketones is 1. The molecule has 25 heavy (non-hydrogen) atoms. The molecule has 0 fully saturated rings. The molecule has 1 aliphatic rings. The van der Waals surface area contributed by atoms with Crippen molar-refractivity contribution in [2.75, 3.05) is 7.11 Å². The van der Waals surface area contributed by atoms with E-state index >= 15 is 0 Å². The predicted molar refractivity (Wildman–Crippen MR) is 93.4 cm³/mol. The molecule has 0 amide bonds. The molecule has 1 atom stereocenters. The molecule has 3 rings (SSSR count). The van der Waals surface area contributed by atoms with E-state index in [1.807, 2.05) is 6.07 Å². The number of benzene rings is 2. The van der Waals surface area contributed by atoms with Gasteiger partial charge in [-0.15, -0.1) is 0 Å². The smallest absolute Gasteiger partial charge is 0.339 e. The third kappa shape index (κ3) is 3.37. The zero-order valence-corrected chi connectivity index (χ0v) is 14.2. The number of rotatable bonds is 4. The van der Waals surface area contributed by atoms with Crippen molar-refractivity contribution in [2.24, 2.45) is 5.73 Å². The van der Waals surface area contributed by atoms with Gasteiger partial charge in [-0.25, -0.2) is 4.79 Å². The number of hydrogen-bond donors (Lipinski definition) is 1. The van der Waals surface area contributed by atoms with Crippen LogP contribution in [0.2, 0.25) is 5.02 Å². The topological polar surface area (TPSA) is 78.6 Å². The summed E-state index contributed by atoms with van der Waals surface area (Å²) < 4.78 is 10.3. The van der Waals surface area contributed by atoms with Crippen LogP contribution in [0, 0.1) is 0 Å². The van der Waals surface area contributed by atoms with Crippen LogP contribution in [0.3, 0.4) is 0 Å². The van der Waals surface area contributed by atoms with Crippen molar-refractivity contribution in [3.8, 4) is 5.75 Å². The summed E-state index contributed by atoms with van der Waals surface area (Å²) in [5, 5.41) is 0.476. The van der Waals surface area contributed by atoms with Crippen molar-refractivity contribution < 1.29 is 19.1 Å². The summed E-state index contributed by atoms with van der Waals surface area (Å²) in [5.41, 5.74) is 7.24. The van der Waals surface area contributed by atoms with Gasteiger partial charge in [0, 0.05) is 28.5 Å². The summed E-state index contributed by atoms with van der Waals surface area (Å²) in [6, 6.07) is 13.9. The normalized spacial score (nSPS) is 16.0. The van der Waals surface area contributed by atoms with Crippen LogP contribution in [0.5, 0.6) is 5.75 Å². The highest BCUT2D eigenvalue weighted by atomic mass is 35.5. The number of ether oxygens (including phenoxy) is 2. The quantitative estimate of drug-likeness (QED) is 0.670. The molecule has 1 unspecified atom stereocenters. The SMILES string of the molecule is COC(=O)C1=C(N)Oc2ccc(Cl)cc2C1CC(=O)c1ccccc1. The second-order valence-corrected chi connectivity index (χ2v) is 6.04. The Morgan fingerprint density at radius 1 is 1.20 bits per heavy atom.